The maximum absolute atomic E-state index is 12.9. The number of hydrogen-bond donors (Lipinski definition) is 3. The molecule has 28 heavy (non-hydrogen) atoms. The number of halogens is 1. The fourth-order valence-electron chi connectivity index (χ4n) is 3.00. The Morgan fingerprint density at radius 1 is 1.21 bits per heavy atom. The highest BCUT2D eigenvalue weighted by atomic mass is 127. The van der Waals surface area contributed by atoms with Crippen LogP contribution in [0.1, 0.15) is 18.1 Å². The van der Waals surface area contributed by atoms with Crippen molar-refractivity contribution in [1.82, 2.24) is 10.3 Å². The van der Waals surface area contributed by atoms with E-state index in [-0.39, 0.29) is 12.5 Å². The number of fused-ring (bicyclic) bond motifs is 1. The zero-order valence-corrected chi connectivity index (χ0v) is 17.9. The Kier molecular flexibility index (Phi) is 6.56. The molecule has 146 valence electrons. The van der Waals surface area contributed by atoms with Crippen LogP contribution in [-0.4, -0.2) is 29.6 Å². The number of aromatic amines is 1. The first-order valence-electron chi connectivity index (χ1n) is 9.03. The topological polar surface area (TPSA) is 83.2 Å². The SMILES string of the molecule is CCOC(=O)N[C@H](Cc1c[nH]c2ccccc12)C(=O)Nc1ccc(I)c(C)c1. The zero-order chi connectivity index (χ0) is 20.1. The molecule has 2 amide bonds. The fourth-order valence-corrected chi connectivity index (χ4v) is 3.33. The van der Waals surface area contributed by atoms with Crippen molar-refractivity contribution in [2.45, 2.75) is 26.3 Å². The van der Waals surface area contributed by atoms with E-state index in [2.05, 4.69) is 38.2 Å². The molecule has 0 radical (unpaired) electrons. The van der Waals surface area contributed by atoms with Gasteiger partial charge in [0, 0.05) is 32.8 Å². The van der Waals surface area contributed by atoms with Gasteiger partial charge in [-0.25, -0.2) is 4.79 Å². The summed E-state index contributed by atoms with van der Waals surface area (Å²) in [6.07, 6.45) is 1.60. The lowest BCUT2D eigenvalue weighted by atomic mass is 10.0. The Hall–Kier alpha value is -2.55. The Balaban J connectivity index is 1.82. The first kappa shape index (κ1) is 20.2. The number of hydrogen-bond acceptors (Lipinski definition) is 3. The summed E-state index contributed by atoms with van der Waals surface area (Å²) in [7, 11) is 0. The standard InChI is InChI=1S/C21H22IN3O3/c1-3-28-21(27)25-19(11-14-12-23-18-7-5-4-6-16(14)18)20(26)24-15-8-9-17(22)13(2)10-15/h4-10,12,19,23H,3,11H2,1-2H3,(H,24,26)(H,25,27)/t19-/m1/s1. The van der Waals surface area contributed by atoms with Gasteiger partial charge >= 0.3 is 6.09 Å². The van der Waals surface area contributed by atoms with Crippen LogP contribution < -0.4 is 10.6 Å². The van der Waals surface area contributed by atoms with Crippen molar-refractivity contribution in [3.63, 3.8) is 0 Å². The van der Waals surface area contributed by atoms with Crippen molar-refractivity contribution in [3.8, 4) is 0 Å². The van der Waals surface area contributed by atoms with Crippen molar-refractivity contribution >= 4 is 51.2 Å². The van der Waals surface area contributed by atoms with Crippen molar-refractivity contribution in [2.24, 2.45) is 0 Å². The van der Waals surface area contributed by atoms with E-state index < -0.39 is 12.1 Å². The first-order chi connectivity index (χ1) is 13.5. The molecule has 3 N–H and O–H groups in total. The van der Waals surface area contributed by atoms with Crippen LogP contribution in [0.25, 0.3) is 10.9 Å². The number of benzene rings is 2. The molecule has 0 unspecified atom stereocenters. The average Bonchev–Trinajstić information content (AvgIpc) is 3.07. The molecule has 0 fully saturated rings. The number of anilines is 1. The van der Waals surface area contributed by atoms with Gasteiger partial charge in [0.25, 0.3) is 0 Å². The average molecular weight is 491 g/mol. The number of rotatable bonds is 6. The smallest absolute Gasteiger partial charge is 0.407 e. The Bertz CT molecular complexity index is 999. The molecule has 3 rings (SSSR count). The van der Waals surface area contributed by atoms with E-state index in [9.17, 15) is 9.59 Å². The van der Waals surface area contributed by atoms with E-state index in [1.165, 1.54) is 0 Å². The monoisotopic (exact) mass is 491 g/mol. The number of carbonyl (C=O) groups excluding carboxylic acids is 2. The fraction of sp³-hybridized carbons (Fsp3) is 0.238. The molecule has 7 heteroatoms. The van der Waals surface area contributed by atoms with Crippen LogP contribution in [0, 0.1) is 10.5 Å². The van der Waals surface area contributed by atoms with Crippen molar-refractivity contribution in [2.75, 3.05) is 11.9 Å². The Morgan fingerprint density at radius 3 is 2.75 bits per heavy atom. The molecule has 0 saturated heterocycles. The number of aryl methyl sites for hydroxylation is 1. The summed E-state index contributed by atoms with van der Waals surface area (Å²) in [6, 6.07) is 12.8. The third kappa shape index (κ3) is 4.83. The molecule has 0 aliphatic carbocycles. The molecule has 0 spiro atoms. The van der Waals surface area contributed by atoms with Gasteiger partial charge in [-0.3, -0.25) is 4.79 Å². The summed E-state index contributed by atoms with van der Waals surface area (Å²) in [5.74, 6) is -0.293. The van der Waals surface area contributed by atoms with Gasteiger partial charge in [-0.15, -0.1) is 0 Å². The second-order valence-corrected chi connectivity index (χ2v) is 7.60. The summed E-state index contributed by atoms with van der Waals surface area (Å²) < 4.78 is 6.10. The van der Waals surface area contributed by atoms with E-state index in [1.807, 2.05) is 55.6 Å². The van der Waals surface area contributed by atoms with Crippen LogP contribution in [0.2, 0.25) is 0 Å². The summed E-state index contributed by atoms with van der Waals surface area (Å²) in [6.45, 7) is 3.95. The highest BCUT2D eigenvalue weighted by molar-refractivity contribution is 14.1. The molecular formula is C21H22IN3O3. The highest BCUT2D eigenvalue weighted by Crippen LogP contribution is 2.20. The predicted octanol–water partition coefficient (Wildman–Crippen LogP) is 4.38. The molecule has 1 atom stereocenters. The molecule has 1 aromatic heterocycles. The molecule has 0 saturated carbocycles. The summed E-state index contributed by atoms with van der Waals surface area (Å²) in [5, 5.41) is 6.60. The molecule has 6 nitrogen and oxygen atoms in total. The van der Waals surface area contributed by atoms with Gasteiger partial charge in [0.15, 0.2) is 0 Å². The zero-order valence-electron chi connectivity index (χ0n) is 15.7. The van der Waals surface area contributed by atoms with Gasteiger partial charge < -0.3 is 20.4 Å². The van der Waals surface area contributed by atoms with Crippen LogP contribution in [0.3, 0.4) is 0 Å². The molecule has 3 aromatic rings. The molecule has 0 bridgehead atoms. The number of nitrogens with one attached hydrogen (secondary N) is 3. The van der Waals surface area contributed by atoms with Crippen LogP contribution in [0.5, 0.6) is 0 Å². The predicted molar refractivity (Wildman–Crippen MR) is 118 cm³/mol. The van der Waals surface area contributed by atoms with Crippen molar-refractivity contribution in [3.05, 3.63) is 63.4 Å². The number of carbonyl (C=O) groups is 2. The van der Waals surface area contributed by atoms with Gasteiger partial charge in [0.2, 0.25) is 5.91 Å². The van der Waals surface area contributed by atoms with E-state index in [0.29, 0.717) is 12.1 Å². The van der Waals surface area contributed by atoms with Gasteiger partial charge in [-0.05, 0) is 71.8 Å². The van der Waals surface area contributed by atoms with Crippen LogP contribution in [0.4, 0.5) is 10.5 Å². The minimum absolute atomic E-state index is 0.240. The number of para-hydroxylation sites is 1. The Labute approximate surface area is 177 Å². The number of ether oxygens (including phenoxy) is 1. The normalized spacial score (nSPS) is 11.8. The van der Waals surface area contributed by atoms with Gasteiger partial charge in [-0.1, -0.05) is 18.2 Å². The lowest BCUT2D eigenvalue weighted by Gasteiger charge is -2.18. The maximum Gasteiger partial charge on any atom is 0.407 e. The third-order valence-corrected chi connectivity index (χ3v) is 5.62. The van der Waals surface area contributed by atoms with E-state index in [1.54, 1.807) is 6.92 Å². The second kappa shape index (κ2) is 9.09. The van der Waals surface area contributed by atoms with Crippen LogP contribution in [0.15, 0.2) is 48.7 Å². The second-order valence-electron chi connectivity index (χ2n) is 6.43. The molecular weight excluding hydrogens is 469 g/mol. The van der Waals surface area contributed by atoms with E-state index in [0.717, 1.165) is 25.6 Å². The summed E-state index contributed by atoms with van der Waals surface area (Å²) in [5.41, 5.74) is 3.70. The highest BCUT2D eigenvalue weighted by Gasteiger charge is 2.23. The minimum atomic E-state index is -0.766. The lowest BCUT2D eigenvalue weighted by Crippen LogP contribution is -2.45. The molecule has 0 aliphatic heterocycles. The van der Waals surface area contributed by atoms with Crippen LogP contribution in [-0.2, 0) is 16.0 Å². The lowest BCUT2D eigenvalue weighted by molar-refractivity contribution is -0.118. The van der Waals surface area contributed by atoms with E-state index in [4.69, 9.17) is 4.74 Å². The quantitative estimate of drug-likeness (QED) is 0.448. The Morgan fingerprint density at radius 2 is 2.00 bits per heavy atom. The van der Waals surface area contributed by atoms with Crippen molar-refractivity contribution in [1.29, 1.82) is 0 Å². The number of H-pyrrole nitrogens is 1. The summed E-state index contributed by atoms with van der Waals surface area (Å²) >= 11 is 2.25. The number of amides is 2. The van der Waals surface area contributed by atoms with E-state index >= 15 is 0 Å². The van der Waals surface area contributed by atoms with Gasteiger partial charge in [0.1, 0.15) is 6.04 Å². The minimum Gasteiger partial charge on any atom is -0.450 e. The van der Waals surface area contributed by atoms with Crippen molar-refractivity contribution < 1.29 is 14.3 Å². The maximum atomic E-state index is 12.9. The summed E-state index contributed by atoms with van der Waals surface area (Å²) in [4.78, 5) is 28.1. The molecule has 1 heterocycles. The van der Waals surface area contributed by atoms with Gasteiger partial charge in [-0.2, -0.15) is 0 Å². The van der Waals surface area contributed by atoms with Gasteiger partial charge in [0.05, 0.1) is 6.61 Å². The third-order valence-electron chi connectivity index (χ3n) is 4.41. The molecule has 0 aliphatic rings. The molecule has 2 aromatic carbocycles. The first-order valence-corrected chi connectivity index (χ1v) is 10.1. The number of aromatic nitrogens is 1. The largest absolute Gasteiger partial charge is 0.450 e. The van der Waals surface area contributed by atoms with Crippen LogP contribution >= 0.6 is 22.6 Å². The number of alkyl carbamates (subject to hydrolysis) is 1.